The summed E-state index contributed by atoms with van der Waals surface area (Å²) in [4.78, 5) is 38.0. The van der Waals surface area contributed by atoms with Crippen LogP contribution >= 0.6 is 23.4 Å². The second-order valence-corrected chi connectivity index (χ2v) is 8.73. The smallest absolute Gasteiger partial charge is 0.326 e. The largest absolute Gasteiger partial charge is 0.493 e. The molecule has 0 saturated carbocycles. The number of methoxy groups -OCH3 is 1. The van der Waals surface area contributed by atoms with E-state index < -0.39 is 23.7 Å². The van der Waals surface area contributed by atoms with Crippen molar-refractivity contribution >= 4 is 46.6 Å². The van der Waals surface area contributed by atoms with Gasteiger partial charge in [0.25, 0.3) is 11.1 Å². The minimum absolute atomic E-state index is 0.216. The zero-order valence-electron chi connectivity index (χ0n) is 18.5. The van der Waals surface area contributed by atoms with E-state index in [1.165, 1.54) is 7.11 Å². The summed E-state index contributed by atoms with van der Waals surface area (Å²) in [5.41, 5.74) is 1.60. The number of amides is 2. The Morgan fingerprint density at radius 2 is 1.88 bits per heavy atom. The van der Waals surface area contributed by atoms with Crippen molar-refractivity contribution in [3.8, 4) is 11.5 Å². The highest BCUT2D eigenvalue weighted by Crippen LogP contribution is 2.34. The van der Waals surface area contributed by atoms with Gasteiger partial charge in [-0.15, -0.1) is 0 Å². The van der Waals surface area contributed by atoms with Gasteiger partial charge in [0.1, 0.15) is 13.2 Å². The molecule has 0 bridgehead atoms. The number of benzene rings is 2. The maximum atomic E-state index is 12.7. The quantitative estimate of drug-likeness (QED) is 0.349. The molecule has 2 amide bonds. The van der Waals surface area contributed by atoms with Crippen LogP contribution in [0.2, 0.25) is 5.02 Å². The number of carbonyl (C=O) groups is 3. The Kier molecular flexibility index (Phi) is 8.41. The zero-order valence-corrected chi connectivity index (χ0v) is 20.1. The maximum absolute atomic E-state index is 12.7. The highest BCUT2D eigenvalue weighted by Gasteiger charge is 2.36. The normalized spacial score (nSPS) is 15.6. The van der Waals surface area contributed by atoms with Gasteiger partial charge >= 0.3 is 5.97 Å². The van der Waals surface area contributed by atoms with E-state index in [0.29, 0.717) is 35.1 Å². The number of hydrogen-bond donors (Lipinski definition) is 0. The SMILES string of the molecule is CC[C@H](C)OC(=O)CN1C(=O)S/C(=C/c2ccc(OCc3ccc(Cl)cc3)c(OC)c2)C1=O. The number of thioether (sulfide) groups is 1. The Morgan fingerprint density at radius 1 is 1.15 bits per heavy atom. The van der Waals surface area contributed by atoms with Gasteiger partial charge in [-0.1, -0.05) is 36.7 Å². The number of ether oxygens (including phenoxy) is 3. The van der Waals surface area contributed by atoms with E-state index in [-0.39, 0.29) is 11.0 Å². The Balaban J connectivity index is 1.69. The summed E-state index contributed by atoms with van der Waals surface area (Å²) in [5, 5.41) is 0.139. The molecule has 0 spiro atoms. The van der Waals surface area contributed by atoms with E-state index in [1.54, 1.807) is 43.3 Å². The maximum Gasteiger partial charge on any atom is 0.326 e. The van der Waals surface area contributed by atoms with Crippen molar-refractivity contribution in [1.29, 1.82) is 0 Å². The number of rotatable bonds is 9. The minimum atomic E-state index is -0.614. The van der Waals surface area contributed by atoms with E-state index in [1.807, 2.05) is 19.1 Å². The van der Waals surface area contributed by atoms with E-state index in [9.17, 15) is 14.4 Å². The third kappa shape index (κ3) is 6.52. The summed E-state index contributed by atoms with van der Waals surface area (Å²) >= 11 is 6.68. The standard InChI is InChI=1S/C24H24ClNO6S/c1-4-15(2)32-22(27)13-26-23(28)21(33-24(26)29)12-17-7-10-19(20(11-17)30-3)31-14-16-5-8-18(25)9-6-16/h5-12,15H,4,13-14H2,1-3H3/b21-12+/t15-/m0/s1. The first-order valence-electron chi connectivity index (χ1n) is 10.3. The summed E-state index contributed by atoms with van der Waals surface area (Å²) < 4.78 is 16.4. The Labute approximate surface area is 201 Å². The first-order valence-corrected chi connectivity index (χ1v) is 11.5. The lowest BCUT2D eigenvalue weighted by molar-refractivity contribution is -0.150. The monoisotopic (exact) mass is 489 g/mol. The molecule has 7 nitrogen and oxygen atoms in total. The fourth-order valence-electron chi connectivity index (χ4n) is 2.90. The molecular formula is C24H24ClNO6S. The second-order valence-electron chi connectivity index (χ2n) is 7.30. The number of nitrogens with zero attached hydrogens (tertiary/aromatic N) is 1. The molecule has 33 heavy (non-hydrogen) atoms. The molecule has 2 aromatic carbocycles. The van der Waals surface area contributed by atoms with Crippen molar-refractivity contribution in [2.75, 3.05) is 13.7 Å². The molecule has 1 saturated heterocycles. The molecule has 0 N–H and O–H groups in total. The van der Waals surface area contributed by atoms with E-state index in [2.05, 4.69) is 0 Å². The highest BCUT2D eigenvalue weighted by atomic mass is 35.5. The van der Waals surface area contributed by atoms with Crippen LogP contribution in [0.15, 0.2) is 47.4 Å². The molecule has 3 rings (SSSR count). The van der Waals surface area contributed by atoms with Gasteiger partial charge in [-0.2, -0.15) is 0 Å². The summed E-state index contributed by atoms with van der Waals surface area (Å²) in [5.74, 6) is -0.135. The predicted octanol–water partition coefficient (Wildman–Crippen LogP) is 5.31. The van der Waals surface area contributed by atoms with Gasteiger partial charge in [0, 0.05) is 5.02 Å². The van der Waals surface area contributed by atoms with Crippen LogP contribution in [0.3, 0.4) is 0 Å². The summed E-state index contributed by atoms with van der Waals surface area (Å²) in [6.07, 6.45) is 1.95. The molecule has 2 aromatic rings. The third-order valence-electron chi connectivity index (χ3n) is 4.86. The molecule has 1 heterocycles. The summed E-state index contributed by atoms with van der Waals surface area (Å²) in [7, 11) is 1.52. The van der Waals surface area contributed by atoms with Crippen molar-refractivity contribution in [2.24, 2.45) is 0 Å². The average Bonchev–Trinajstić information content (AvgIpc) is 3.06. The predicted molar refractivity (Wildman–Crippen MR) is 127 cm³/mol. The topological polar surface area (TPSA) is 82.1 Å². The number of hydrogen-bond acceptors (Lipinski definition) is 7. The van der Waals surface area contributed by atoms with Crippen LogP contribution in [-0.2, 0) is 20.9 Å². The number of esters is 1. The highest BCUT2D eigenvalue weighted by molar-refractivity contribution is 8.18. The Bertz CT molecular complexity index is 1070. The van der Waals surface area contributed by atoms with Crippen LogP contribution in [-0.4, -0.2) is 41.8 Å². The van der Waals surface area contributed by atoms with Gasteiger partial charge in [0.15, 0.2) is 11.5 Å². The molecular weight excluding hydrogens is 466 g/mol. The van der Waals surface area contributed by atoms with Crippen LogP contribution in [0.5, 0.6) is 11.5 Å². The van der Waals surface area contributed by atoms with E-state index >= 15 is 0 Å². The third-order valence-corrected chi connectivity index (χ3v) is 6.02. The van der Waals surface area contributed by atoms with E-state index in [4.69, 9.17) is 25.8 Å². The van der Waals surface area contributed by atoms with Gasteiger partial charge < -0.3 is 14.2 Å². The van der Waals surface area contributed by atoms with Gasteiger partial charge in [0.2, 0.25) is 0 Å². The number of carbonyl (C=O) groups excluding carboxylic acids is 3. The van der Waals surface area contributed by atoms with Crippen LogP contribution < -0.4 is 9.47 Å². The van der Waals surface area contributed by atoms with Crippen molar-refractivity contribution in [3.05, 3.63) is 63.5 Å². The first kappa shape index (κ1) is 24.7. The number of imide groups is 1. The Morgan fingerprint density at radius 3 is 2.55 bits per heavy atom. The van der Waals surface area contributed by atoms with Crippen molar-refractivity contribution in [3.63, 3.8) is 0 Å². The molecule has 9 heteroatoms. The van der Waals surface area contributed by atoms with Gasteiger partial charge in [0.05, 0.1) is 18.1 Å². The second kappa shape index (κ2) is 11.2. The summed E-state index contributed by atoms with van der Waals surface area (Å²) in [6, 6.07) is 12.5. The summed E-state index contributed by atoms with van der Waals surface area (Å²) in [6.45, 7) is 3.55. The van der Waals surface area contributed by atoms with Gasteiger partial charge in [-0.05, 0) is 66.6 Å². The van der Waals surface area contributed by atoms with Crippen molar-refractivity contribution in [1.82, 2.24) is 4.90 Å². The zero-order chi connectivity index (χ0) is 24.0. The minimum Gasteiger partial charge on any atom is -0.493 e. The number of halogens is 1. The molecule has 0 unspecified atom stereocenters. The van der Waals surface area contributed by atoms with Gasteiger partial charge in [-0.25, -0.2) is 0 Å². The fraction of sp³-hybridized carbons (Fsp3) is 0.292. The fourth-order valence-corrected chi connectivity index (χ4v) is 3.86. The average molecular weight is 490 g/mol. The van der Waals surface area contributed by atoms with Crippen LogP contribution in [0.1, 0.15) is 31.4 Å². The molecule has 0 aliphatic carbocycles. The molecule has 1 aliphatic heterocycles. The molecule has 1 aliphatic rings. The van der Waals surface area contributed by atoms with Crippen molar-refractivity contribution in [2.45, 2.75) is 33.0 Å². The molecule has 174 valence electrons. The first-order chi connectivity index (χ1) is 15.8. The molecule has 0 radical (unpaired) electrons. The van der Waals surface area contributed by atoms with Gasteiger partial charge in [-0.3, -0.25) is 19.3 Å². The lowest BCUT2D eigenvalue weighted by atomic mass is 10.1. The lowest BCUT2D eigenvalue weighted by Crippen LogP contribution is -2.35. The molecule has 1 fully saturated rings. The van der Waals surface area contributed by atoms with Crippen LogP contribution in [0, 0.1) is 0 Å². The lowest BCUT2D eigenvalue weighted by Gasteiger charge is -2.14. The van der Waals surface area contributed by atoms with Crippen molar-refractivity contribution < 1.29 is 28.6 Å². The van der Waals surface area contributed by atoms with Crippen LogP contribution in [0.4, 0.5) is 4.79 Å². The van der Waals surface area contributed by atoms with Crippen LogP contribution in [0.25, 0.3) is 6.08 Å². The van der Waals surface area contributed by atoms with E-state index in [0.717, 1.165) is 22.2 Å². The molecule has 1 atom stereocenters. The molecule has 0 aromatic heterocycles. The Hall–Kier alpha value is -2.97.